The van der Waals surface area contributed by atoms with E-state index in [1.165, 1.54) is 19.3 Å². The first kappa shape index (κ1) is 13.4. The normalized spacial score (nSPS) is 15.7. The van der Waals surface area contributed by atoms with Gasteiger partial charge in [-0.1, -0.05) is 0 Å². The second-order valence-electron chi connectivity index (χ2n) is 4.49. The second kappa shape index (κ2) is 6.78. The fourth-order valence-electron chi connectivity index (χ4n) is 1.93. The molecule has 19 heavy (non-hydrogen) atoms. The Balaban J connectivity index is 1.87. The lowest BCUT2D eigenvalue weighted by atomic mass is 10.2. The first-order valence-electron chi connectivity index (χ1n) is 6.46. The van der Waals surface area contributed by atoms with Crippen molar-refractivity contribution in [2.45, 2.75) is 19.3 Å². The average Bonchev–Trinajstić information content (AvgIpc) is 2.45. The summed E-state index contributed by atoms with van der Waals surface area (Å²) in [5.74, 6) is -0.713. The van der Waals surface area contributed by atoms with Crippen LogP contribution in [0.4, 0.5) is 0 Å². The molecular weight excluding hydrogens is 244 g/mol. The van der Waals surface area contributed by atoms with Crippen LogP contribution in [0.1, 0.15) is 24.8 Å². The summed E-state index contributed by atoms with van der Waals surface area (Å²) in [6.07, 6.45) is 5.50. The summed E-state index contributed by atoms with van der Waals surface area (Å²) in [6, 6.07) is 7.14. The fourth-order valence-corrected chi connectivity index (χ4v) is 1.93. The minimum absolute atomic E-state index is 0.429. The molecule has 1 aromatic carbocycles. The molecule has 0 unspecified atom stereocenters. The van der Waals surface area contributed by atoms with Gasteiger partial charge in [0.15, 0.2) is 0 Å². The van der Waals surface area contributed by atoms with Crippen LogP contribution in [0, 0.1) is 0 Å². The SMILES string of the molecule is O=C([O-])COc1ccc(/C=N\N2CCCCC2)cc1. The second-order valence-corrected chi connectivity index (χ2v) is 4.49. The summed E-state index contributed by atoms with van der Waals surface area (Å²) >= 11 is 0. The number of hydrogen-bond donors (Lipinski definition) is 0. The molecule has 0 saturated carbocycles. The van der Waals surface area contributed by atoms with Gasteiger partial charge in [0.25, 0.3) is 0 Å². The number of carbonyl (C=O) groups excluding carboxylic acids is 1. The molecule has 5 nitrogen and oxygen atoms in total. The van der Waals surface area contributed by atoms with E-state index in [1.54, 1.807) is 12.1 Å². The number of ether oxygens (including phenoxy) is 1. The minimum atomic E-state index is -1.23. The number of carbonyl (C=O) groups is 1. The molecule has 0 N–H and O–H groups in total. The van der Waals surface area contributed by atoms with Crippen LogP contribution in [0.3, 0.4) is 0 Å². The van der Waals surface area contributed by atoms with Gasteiger partial charge in [-0.15, -0.1) is 0 Å². The topological polar surface area (TPSA) is 65.0 Å². The quantitative estimate of drug-likeness (QED) is 0.729. The maximum atomic E-state index is 10.3. The molecule has 102 valence electrons. The van der Waals surface area contributed by atoms with Crippen LogP contribution in [0.2, 0.25) is 0 Å². The first-order chi connectivity index (χ1) is 9.24. The van der Waals surface area contributed by atoms with Crippen molar-refractivity contribution in [2.75, 3.05) is 19.7 Å². The van der Waals surface area contributed by atoms with Gasteiger partial charge < -0.3 is 14.6 Å². The third-order valence-electron chi connectivity index (χ3n) is 2.94. The van der Waals surface area contributed by atoms with Crippen LogP contribution in [0.5, 0.6) is 5.75 Å². The number of hydrazone groups is 1. The lowest BCUT2D eigenvalue weighted by Crippen LogP contribution is -2.28. The van der Waals surface area contributed by atoms with Crippen LogP contribution in [-0.4, -0.2) is 36.9 Å². The first-order valence-corrected chi connectivity index (χ1v) is 6.46. The molecule has 0 amide bonds. The van der Waals surface area contributed by atoms with Crippen LogP contribution in [0.25, 0.3) is 0 Å². The molecule has 0 atom stereocenters. The number of aliphatic carboxylic acids is 1. The van der Waals surface area contributed by atoms with Gasteiger partial charge >= 0.3 is 0 Å². The molecule has 5 heteroatoms. The monoisotopic (exact) mass is 261 g/mol. The maximum Gasteiger partial charge on any atom is 0.128 e. The summed E-state index contributed by atoms with van der Waals surface area (Å²) in [6.45, 7) is 1.60. The molecule has 0 bridgehead atoms. The van der Waals surface area contributed by atoms with Gasteiger partial charge in [-0.2, -0.15) is 5.10 Å². The Morgan fingerprint density at radius 1 is 1.26 bits per heavy atom. The molecule has 1 aliphatic heterocycles. The minimum Gasteiger partial charge on any atom is -0.546 e. The summed E-state index contributed by atoms with van der Waals surface area (Å²) in [5, 5.41) is 16.7. The van der Waals surface area contributed by atoms with Crippen molar-refractivity contribution in [2.24, 2.45) is 5.10 Å². The van der Waals surface area contributed by atoms with Crippen molar-refractivity contribution in [3.05, 3.63) is 29.8 Å². The largest absolute Gasteiger partial charge is 0.546 e. The number of benzene rings is 1. The van der Waals surface area contributed by atoms with E-state index in [1.807, 2.05) is 18.3 Å². The fraction of sp³-hybridized carbons (Fsp3) is 0.429. The van der Waals surface area contributed by atoms with E-state index in [9.17, 15) is 9.90 Å². The molecule has 1 aliphatic rings. The summed E-state index contributed by atoms with van der Waals surface area (Å²) in [7, 11) is 0. The van der Waals surface area contributed by atoms with Gasteiger partial charge in [-0.3, -0.25) is 5.01 Å². The predicted octanol–water partition coefficient (Wildman–Crippen LogP) is 0.635. The van der Waals surface area contributed by atoms with Crippen LogP contribution in [-0.2, 0) is 4.79 Å². The highest BCUT2D eigenvalue weighted by molar-refractivity contribution is 5.79. The third kappa shape index (κ3) is 4.62. The van der Waals surface area contributed by atoms with Gasteiger partial charge in [0.2, 0.25) is 0 Å². The van der Waals surface area contributed by atoms with Gasteiger partial charge in [-0.25, -0.2) is 0 Å². The highest BCUT2D eigenvalue weighted by Gasteiger charge is 2.05. The summed E-state index contributed by atoms with van der Waals surface area (Å²) in [5.41, 5.74) is 0.964. The van der Waals surface area contributed by atoms with Crippen molar-refractivity contribution >= 4 is 12.2 Å². The van der Waals surface area contributed by atoms with Crippen molar-refractivity contribution in [3.63, 3.8) is 0 Å². The van der Waals surface area contributed by atoms with Crippen molar-refractivity contribution < 1.29 is 14.6 Å². The predicted molar refractivity (Wildman–Crippen MR) is 70.0 cm³/mol. The third-order valence-corrected chi connectivity index (χ3v) is 2.94. The van der Waals surface area contributed by atoms with E-state index in [4.69, 9.17) is 4.74 Å². The lowest BCUT2D eigenvalue weighted by Gasteiger charge is -2.23. The van der Waals surface area contributed by atoms with Crippen molar-refractivity contribution in [1.29, 1.82) is 0 Å². The number of carboxylic acid groups (broad SMARTS) is 1. The molecule has 1 saturated heterocycles. The standard InChI is InChI=1S/C14H18N2O3/c17-14(18)11-19-13-6-4-12(5-7-13)10-15-16-8-2-1-3-9-16/h4-7,10H,1-3,8-9,11H2,(H,17,18)/p-1/b15-10-. The lowest BCUT2D eigenvalue weighted by molar-refractivity contribution is -0.307. The molecule has 1 heterocycles. The smallest absolute Gasteiger partial charge is 0.128 e. The number of carboxylic acids is 1. The van der Waals surface area contributed by atoms with Crippen LogP contribution in [0.15, 0.2) is 29.4 Å². The zero-order chi connectivity index (χ0) is 13.5. The van der Waals surface area contributed by atoms with Gasteiger partial charge in [0.1, 0.15) is 12.4 Å². The number of piperidine rings is 1. The molecule has 1 fully saturated rings. The highest BCUT2D eigenvalue weighted by atomic mass is 16.5. The van der Waals surface area contributed by atoms with E-state index in [-0.39, 0.29) is 0 Å². The average molecular weight is 261 g/mol. The Labute approximate surface area is 112 Å². The number of rotatable bonds is 5. The molecule has 0 aliphatic carbocycles. The van der Waals surface area contributed by atoms with Crippen LogP contribution >= 0.6 is 0 Å². The number of nitrogens with zero attached hydrogens (tertiary/aromatic N) is 2. The van der Waals surface area contributed by atoms with E-state index in [2.05, 4.69) is 10.1 Å². The van der Waals surface area contributed by atoms with E-state index < -0.39 is 12.6 Å². The zero-order valence-corrected chi connectivity index (χ0v) is 10.7. The molecule has 1 aromatic rings. The Morgan fingerprint density at radius 3 is 2.58 bits per heavy atom. The molecule has 0 aromatic heterocycles. The molecule has 0 spiro atoms. The summed E-state index contributed by atoms with van der Waals surface area (Å²) in [4.78, 5) is 10.3. The van der Waals surface area contributed by atoms with Gasteiger partial charge in [0, 0.05) is 13.1 Å². The highest BCUT2D eigenvalue weighted by Crippen LogP contribution is 2.12. The van der Waals surface area contributed by atoms with Gasteiger partial charge in [0.05, 0.1) is 12.2 Å². The van der Waals surface area contributed by atoms with Gasteiger partial charge in [-0.05, 0) is 49.1 Å². The number of hydrogen-bond acceptors (Lipinski definition) is 5. The van der Waals surface area contributed by atoms with Crippen LogP contribution < -0.4 is 9.84 Å². The maximum absolute atomic E-state index is 10.3. The molecular formula is C14H17N2O3-. The van der Waals surface area contributed by atoms with Crippen molar-refractivity contribution in [3.8, 4) is 5.75 Å². The van der Waals surface area contributed by atoms with E-state index in [0.717, 1.165) is 18.7 Å². The molecule has 2 rings (SSSR count). The Hall–Kier alpha value is -2.04. The van der Waals surface area contributed by atoms with Crippen molar-refractivity contribution in [1.82, 2.24) is 5.01 Å². The Kier molecular flexibility index (Phi) is 4.78. The molecule has 0 radical (unpaired) electrons. The zero-order valence-electron chi connectivity index (χ0n) is 10.7. The Morgan fingerprint density at radius 2 is 1.95 bits per heavy atom. The Bertz CT molecular complexity index is 437. The van der Waals surface area contributed by atoms with E-state index >= 15 is 0 Å². The summed E-state index contributed by atoms with van der Waals surface area (Å²) < 4.78 is 5.00. The van der Waals surface area contributed by atoms with E-state index in [0.29, 0.717) is 5.75 Å².